The zero-order valence-electron chi connectivity index (χ0n) is 10.6. The maximum absolute atomic E-state index is 5.94. The average molecular weight is 249 g/mol. The van der Waals surface area contributed by atoms with Gasteiger partial charge in [0.25, 0.3) is 0 Å². The van der Waals surface area contributed by atoms with Gasteiger partial charge in [-0.05, 0) is 24.6 Å². The Bertz CT molecular complexity index is 422. The zero-order chi connectivity index (χ0) is 12.4. The van der Waals surface area contributed by atoms with Crippen LogP contribution in [0.3, 0.4) is 0 Å². The van der Waals surface area contributed by atoms with Crippen molar-refractivity contribution in [2.75, 3.05) is 26.3 Å². The maximum atomic E-state index is 5.94. The van der Waals surface area contributed by atoms with Gasteiger partial charge in [0.2, 0.25) is 0 Å². The van der Waals surface area contributed by atoms with Crippen LogP contribution in [0.2, 0.25) is 0 Å². The van der Waals surface area contributed by atoms with Crippen LogP contribution in [0.1, 0.15) is 25.0 Å². The highest BCUT2D eigenvalue weighted by atomic mass is 16.5. The van der Waals surface area contributed by atoms with Gasteiger partial charge in [0.15, 0.2) is 11.5 Å². The van der Waals surface area contributed by atoms with Crippen molar-refractivity contribution in [3.05, 3.63) is 23.8 Å². The Hall–Kier alpha value is -1.26. The van der Waals surface area contributed by atoms with Crippen LogP contribution in [0.4, 0.5) is 0 Å². The second kappa shape index (κ2) is 5.16. The van der Waals surface area contributed by atoms with Gasteiger partial charge in [0.05, 0.1) is 25.4 Å². The van der Waals surface area contributed by atoms with Gasteiger partial charge in [-0.2, -0.15) is 0 Å². The summed E-state index contributed by atoms with van der Waals surface area (Å²) in [4.78, 5) is 0. The largest absolute Gasteiger partial charge is 0.490 e. The van der Waals surface area contributed by atoms with Gasteiger partial charge in [0.1, 0.15) is 0 Å². The predicted molar refractivity (Wildman–Crippen MR) is 68.2 cm³/mol. The van der Waals surface area contributed by atoms with Crippen molar-refractivity contribution in [3.8, 4) is 11.5 Å². The molecule has 1 aromatic rings. The van der Waals surface area contributed by atoms with E-state index in [0.29, 0.717) is 0 Å². The summed E-state index contributed by atoms with van der Waals surface area (Å²) in [5, 5.41) is 3.38. The molecule has 1 saturated heterocycles. The van der Waals surface area contributed by atoms with Gasteiger partial charge < -0.3 is 19.5 Å². The quantitative estimate of drug-likeness (QED) is 0.825. The fourth-order valence-corrected chi connectivity index (χ4v) is 2.37. The van der Waals surface area contributed by atoms with E-state index < -0.39 is 0 Å². The first kappa shape index (κ1) is 11.8. The fraction of sp³-hybridized carbons (Fsp3) is 0.571. The Balaban J connectivity index is 1.82. The van der Waals surface area contributed by atoms with E-state index in [9.17, 15) is 0 Å². The van der Waals surface area contributed by atoms with Crippen LogP contribution in [0.5, 0.6) is 11.5 Å². The molecule has 1 aromatic carbocycles. The molecule has 0 saturated carbocycles. The fourth-order valence-electron chi connectivity index (χ4n) is 2.37. The third kappa shape index (κ3) is 2.44. The standard InChI is InChI=1S/C14H19NO3/c1-10-8-15-9-14(18-10)11-3-4-12-13(7-11)17-6-2-5-16-12/h3-4,7,10,14-15H,2,5-6,8-9H2,1H3. The summed E-state index contributed by atoms with van der Waals surface area (Å²) in [6.45, 7) is 5.30. The molecule has 2 unspecified atom stereocenters. The van der Waals surface area contributed by atoms with Gasteiger partial charge in [-0.3, -0.25) is 0 Å². The molecule has 4 heteroatoms. The number of hydrogen-bond donors (Lipinski definition) is 1. The Kier molecular flexibility index (Phi) is 3.39. The molecular formula is C14H19NO3. The number of fused-ring (bicyclic) bond motifs is 1. The number of ether oxygens (including phenoxy) is 3. The summed E-state index contributed by atoms with van der Waals surface area (Å²) < 4.78 is 17.3. The molecule has 4 nitrogen and oxygen atoms in total. The first-order valence-electron chi connectivity index (χ1n) is 6.58. The molecule has 1 N–H and O–H groups in total. The number of nitrogens with one attached hydrogen (secondary N) is 1. The molecule has 0 aliphatic carbocycles. The predicted octanol–water partition coefficient (Wildman–Crippen LogP) is 1.90. The van der Waals surface area contributed by atoms with Crippen LogP contribution in [-0.4, -0.2) is 32.4 Å². The van der Waals surface area contributed by atoms with E-state index in [4.69, 9.17) is 14.2 Å². The van der Waals surface area contributed by atoms with Crippen LogP contribution in [0, 0.1) is 0 Å². The molecule has 2 heterocycles. The third-order valence-corrected chi connectivity index (χ3v) is 3.30. The molecule has 0 radical (unpaired) electrons. The summed E-state index contributed by atoms with van der Waals surface area (Å²) >= 11 is 0. The highest BCUT2D eigenvalue weighted by Gasteiger charge is 2.22. The second-order valence-electron chi connectivity index (χ2n) is 4.85. The lowest BCUT2D eigenvalue weighted by atomic mass is 10.1. The van der Waals surface area contributed by atoms with E-state index in [1.54, 1.807) is 0 Å². The van der Waals surface area contributed by atoms with E-state index in [-0.39, 0.29) is 12.2 Å². The van der Waals surface area contributed by atoms with E-state index in [0.717, 1.165) is 49.8 Å². The maximum Gasteiger partial charge on any atom is 0.161 e. The van der Waals surface area contributed by atoms with E-state index in [1.807, 2.05) is 12.1 Å². The molecule has 1 fully saturated rings. The molecule has 0 bridgehead atoms. The van der Waals surface area contributed by atoms with Crippen LogP contribution in [0.15, 0.2) is 18.2 Å². The van der Waals surface area contributed by atoms with Crippen molar-refractivity contribution < 1.29 is 14.2 Å². The number of benzene rings is 1. The summed E-state index contributed by atoms with van der Waals surface area (Å²) in [5.41, 5.74) is 1.15. The first-order valence-corrected chi connectivity index (χ1v) is 6.58. The minimum absolute atomic E-state index is 0.103. The highest BCUT2D eigenvalue weighted by molar-refractivity contribution is 5.44. The van der Waals surface area contributed by atoms with Crippen LogP contribution in [-0.2, 0) is 4.74 Å². The average Bonchev–Trinajstić information content (AvgIpc) is 2.63. The lowest BCUT2D eigenvalue weighted by molar-refractivity contribution is -0.0288. The van der Waals surface area contributed by atoms with E-state index in [1.165, 1.54) is 0 Å². The summed E-state index contributed by atoms with van der Waals surface area (Å²) in [6, 6.07) is 6.10. The normalized spacial score (nSPS) is 27.6. The minimum atomic E-state index is 0.103. The molecule has 2 aliphatic rings. The summed E-state index contributed by atoms with van der Waals surface area (Å²) in [6.07, 6.45) is 1.29. The molecule has 2 atom stereocenters. The number of rotatable bonds is 1. The Labute approximate surface area is 107 Å². The zero-order valence-corrected chi connectivity index (χ0v) is 10.6. The van der Waals surface area contributed by atoms with Crippen LogP contribution < -0.4 is 14.8 Å². The molecule has 3 rings (SSSR count). The van der Waals surface area contributed by atoms with Gasteiger partial charge in [-0.15, -0.1) is 0 Å². The monoisotopic (exact) mass is 249 g/mol. The molecule has 0 aromatic heterocycles. The molecule has 0 amide bonds. The van der Waals surface area contributed by atoms with Crippen LogP contribution >= 0.6 is 0 Å². The second-order valence-corrected chi connectivity index (χ2v) is 4.85. The topological polar surface area (TPSA) is 39.7 Å². The van der Waals surface area contributed by atoms with Crippen LogP contribution in [0.25, 0.3) is 0 Å². The van der Waals surface area contributed by atoms with Gasteiger partial charge >= 0.3 is 0 Å². The van der Waals surface area contributed by atoms with Crippen molar-refractivity contribution in [1.82, 2.24) is 5.32 Å². The first-order chi connectivity index (χ1) is 8.83. The molecule has 2 aliphatic heterocycles. The Morgan fingerprint density at radius 2 is 1.94 bits per heavy atom. The molecule has 98 valence electrons. The molecular weight excluding hydrogens is 230 g/mol. The Morgan fingerprint density at radius 3 is 2.78 bits per heavy atom. The van der Waals surface area contributed by atoms with E-state index >= 15 is 0 Å². The van der Waals surface area contributed by atoms with Crippen molar-refractivity contribution in [1.29, 1.82) is 0 Å². The van der Waals surface area contributed by atoms with Gasteiger partial charge in [-0.25, -0.2) is 0 Å². The summed E-state index contributed by atoms with van der Waals surface area (Å²) in [7, 11) is 0. The summed E-state index contributed by atoms with van der Waals surface area (Å²) in [5.74, 6) is 1.68. The lowest BCUT2D eigenvalue weighted by Crippen LogP contribution is -2.38. The minimum Gasteiger partial charge on any atom is -0.490 e. The molecule has 0 spiro atoms. The van der Waals surface area contributed by atoms with Gasteiger partial charge in [0, 0.05) is 19.5 Å². The number of hydrogen-bond acceptors (Lipinski definition) is 4. The highest BCUT2D eigenvalue weighted by Crippen LogP contribution is 2.33. The van der Waals surface area contributed by atoms with Crippen molar-refractivity contribution in [2.45, 2.75) is 25.6 Å². The van der Waals surface area contributed by atoms with Gasteiger partial charge in [-0.1, -0.05) is 6.07 Å². The van der Waals surface area contributed by atoms with E-state index in [2.05, 4.69) is 18.3 Å². The third-order valence-electron chi connectivity index (χ3n) is 3.30. The molecule has 18 heavy (non-hydrogen) atoms. The lowest BCUT2D eigenvalue weighted by Gasteiger charge is -2.29. The number of morpholine rings is 1. The SMILES string of the molecule is CC1CNCC(c2ccc3c(c2)OCCCO3)O1. The smallest absolute Gasteiger partial charge is 0.161 e. The Morgan fingerprint density at radius 1 is 1.11 bits per heavy atom. The van der Waals surface area contributed by atoms with Crippen molar-refractivity contribution >= 4 is 0 Å². The van der Waals surface area contributed by atoms with Crippen molar-refractivity contribution in [3.63, 3.8) is 0 Å². The van der Waals surface area contributed by atoms with Crippen molar-refractivity contribution in [2.24, 2.45) is 0 Å².